The summed E-state index contributed by atoms with van der Waals surface area (Å²) in [6, 6.07) is 13.8. The van der Waals surface area contributed by atoms with Crippen molar-refractivity contribution in [2.45, 2.75) is 13.5 Å². The van der Waals surface area contributed by atoms with Gasteiger partial charge in [0, 0.05) is 29.3 Å². The molecule has 2 rings (SSSR count). The predicted molar refractivity (Wildman–Crippen MR) is 86.0 cm³/mol. The molecule has 2 aromatic rings. The van der Waals surface area contributed by atoms with Crippen LogP contribution in [-0.2, 0) is 6.54 Å². The zero-order valence-corrected chi connectivity index (χ0v) is 13.1. The number of aryl methyl sites for hydroxylation is 1. The fourth-order valence-electron chi connectivity index (χ4n) is 1.94. The van der Waals surface area contributed by atoms with Crippen molar-refractivity contribution in [1.82, 2.24) is 5.32 Å². The zero-order chi connectivity index (χ0) is 14.5. The number of amides is 1. The Kier molecular flexibility index (Phi) is 4.79. The van der Waals surface area contributed by atoms with E-state index < -0.39 is 0 Å². The Morgan fingerprint density at radius 1 is 1.20 bits per heavy atom. The molecule has 0 aromatic heterocycles. The molecule has 0 aliphatic carbocycles. The van der Waals surface area contributed by atoms with Gasteiger partial charge in [0.05, 0.1) is 0 Å². The molecule has 0 aliphatic heterocycles. The van der Waals surface area contributed by atoms with E-state index in [9.17, 15) is 4.79 Å². The molecule has 1 amide bonds. The Labute approximate surface area is 127 Å². The van der Waals surface area contributed by atoms with Crippen molar-refractivity contribution in [3.05, 3.63) is 63.6 Å². The topological polar surface area (TPSA) is 41.1 Å². The number of hydrogen-bond donors (Lipinski definition) is 2. The van der Waals surface area contributed by atoms with Gasteiger partial charge in [0.1, 0.15) is 0 Å². The van der Waals surface area contributed by atoms with Crippen molar-refractivity contribution in [2.24, 2.45) is 0 Å². The number of carbonyl (C=O) groups is 1. The summed E-state index contributed by atoms with van der Waals surface area (Å²) < 4.78 is 1.06. The van der Waals surface area contributed by atoms with Crippen molar-refractivity contribution in [1.29, 1.82) is 0 Å². The van der Waals surface area contributed by atoms with Crippen LogP contribution in [-0.4, -0.2) is 13.0 Å². The number of hydrogen-bond acceptors (Lipinski definition) is 2. The number of rotatable bonds is 4. The minimum Gasteiger partial charge on any atom is -0.381 e. The van der Waals surface area contributed by atoms with E-state index in [4.69, 9.17) is 0 Å². The molecule has 0 radical (unpaired) electrons. The average molecular weight is 333 g/mol. The molecule has 0 spiro atoms. The third-order valence-electron chi connectivity index (χ3n) is 3.10. The first-order valence-electron chi connectivity index (χ1n) is 6.41. The van der Waals surface area contributed by atoms with Gasteiger partial charge in [-0.15, -0.1) is 0 Å². The minimum absolute atomic E-state index is 0.0736. The first-order chi connectivity index (χ1) is 9.60. The summed E-state index contributed by atoms with van der Waals surface area (Å²) in [5.74, 6) is -0.0736. The lowest BCUT2D eigenvalue weighted by Crippen LogP contribution is -2.18. The highest BCUT2D eigenvalue weighted by Crippen LogP contribution is 2.19. The maximum absolute atomic E-state index is 11.7. The summed E-state index contributed by atoms with van der Waals surface area (Å²) in [6.45, 7) is 2.74. The van der Waals surface area contributed by atoms with Gasteiger partial charge in [-0.3, -0.25) is 4.79 Å². The van der Waals surface area contributed by atoms with Gasteiger partial charge >= 0.3 is 0 Å². The number of carbonyl (C=O) groups excluding carboxylic acids is 1. The lowest BCUT2D eigenvalue weighted by atomic mass is 10.1. The second-order valence-corrected chi connectivity index (χ2v) is 5.51. The van der Waals surface area contributed by atoms with Gasteiger partial charge in [0.25, 0.3) is 5.91 Å². The molecule has 2 N–H and O–H groups in total. The summed E-state index contributed by atoms with van der Waals surface area (Å²) in [5.41, 5.74) is 3.94. The van der Waals surface area contributed by atoms with Crippen LogP contribution in [0.3, 0.4) is 0 Å². The second kappa shape index (κ2) is 6.57. The Hall–Kier alpha value is -1.81. The fraction of sp³-hybridized carbons (Fsp3) is 0.188. The van der Waals surface area contributed by atoms with E-state index in [1.165, 1.54) is 5.56 Å². The van der Waals surface area contributed by atoms with Crippen molar-refractivity contribution in [2.75, 3.05) is 12.4 Å². The van der Waals surface area contributed by atoms with Crippen LogP contribution < -0.4 is 10.6 Å². The van der Waals surface area contributed by atoms with Crippen molar-refractivity contribution < 1.29 is 4.79 Å². The van der Waals surface area contributed by atoms with E-state index >= 15 is 0 Å². The third kappa shape index (κ3) is 3.61. The van der Waals surface area contributed by atoms with Gasteiger partial charge in [0.2, 0.25) is 0 Å². The number of benzene rings is 2. The van der Waals surface area contributed by atoms with E-state index in [0.29, 0.717) is 5.56 Å². The van der Waals surface area contributed by atoms with E-state index in [2.05, 4.69) is 38.7 Å². The van der Waals surface area contributed by atoms with Gasteiger partial charge in [0.15, 0.2) is 0 Å². The van der Waals surface area contributed by atoms with Crippen LogP contribution in [0.15, 0.2) is 46.9 Å². The van der Waals surface area contributed by atoms with E-state index in [1.807, 2.05) is 37.3 Å². The van der Waals surface area contributed by atoms with Gasteiger partial charge in [-0.1, -0.05) is 34.1 Å². The molecule has 0 aliphatic rings. The van der Waals surface area contributed by atoms with Gasteiger partial charge < -0.3 is 10.6 Å². The first-order valence-corrected chi connectivity index (χ1v) is 7.20. The van der Waals surface area contributed by atoms with E-state index in [1.54, 1.807) is 7.05 Å². The Morgan fingerprint density at radius 2 is 2.00 bits per heavy atom. The first kappa shape index (κ1) is 14.6. The highest BCUT2D eigenvalue weighted by Gasteiger charge is 2.06. The standard InChI is InChI=1S/C16H17BrN2O/c1-11-6-7-13(16(20)18-2)9-15(11)19-10-12-4-3-5-14(17)8-12/h3-9,19H,10H2,1-2H3,(H,18,20). The molecular weight excluding hydrogens is 316 g/mol. The quantitative estimate of drug-likeness (QED) is 0.895. The third-order valence-corrected chi connectivity index (χ3v) is 3.59. The lowest BCUT2D eigenvalue weighted by Gasteiger charge is -2.11. The van der Waals surface area contributed by atoms with Crippen LogP contribution in [0, 0.1) is 6.92 Å². The summed E-state index contributed by atoms with van der Waals surface area (Å²) in [4.78, 5) is 11.7. The number of anilines is 1. The van der Waals surface area contributed by atoms with Crippen LogP contribution in [0.4, 0.5) is 5.69 Å². The summed E-state index contributed by atoms with van der Waals surface area (Å²) >= 11 is 3.46. The molecule has 0 heterocycles. The van der Waals surface area contributed by atoms with Crippen molar-refractivity contribution >= 4 is 27.5 Å². The normalized spacial score (nSPS) is 10.2. The smallest absolute Gasteiger partial charge is 0.251 e. The van der Waals surface area contributed by atoms with Crippen molar-refractivity contribution in [3.8, 4) is 0 Å². The molecule has 0 atom stereocenters. The summed E-state index contributed by atoms with van der Waals surface area (Å²) in [5, 5.41) is 6.01. The Bertz CT molecular complexity index is 626. The molecule has 2 aromatic carbocycles. The van der Waals surface area contributed by atoms with Crippen LogP contribution in [0.25, 0.3) is 0 Å². The highest BCUT2D eigenvalue weighted by atomic mass is 79.9. The highest BCUT2D eigenvalue weighted by molar-refractivity contribution is 9.10. The van der Waals surface area contributed by atoms with Crippen LogP contribution in [0.2, 0.25) is 0 Å². The minimum atomic E-state index is -0.0736. The van der Waals surface area contributed by atoms with Gasteiger partial charge in [-0.05, 0) is 42.3 Å². The van der Waals surface area contributed by atoms with Crippen LogP contribution >= 0.6 is 15.9 Å². The molecule has 0 saturated carbocycles. The number of nitrogens with one attached hydrogen (secondary N) is 2. The van der Waals surface area contributed by atoms with Gasteiger partial charge in [-0.2, -0.15) is 0 Å². The Balaban J connectivity index is 2.14. The zero-order valence-electron chi connectivity index (χ0n) is 11.5. The predicted octanol–water partition coefficient (Wildman–Crippen LogP) is 3.73. The maximum atomic E-state index is 11.7. The van der Waals surface area contributed by atoms with Crippen molar-refractivity contribution in [3.63, 3.8) is 0 Å². The van der Waals surface area contributed by atoms with Gasteiger partial charge in [-0.25, -0.2) is 0 Å². The molecule has 0 bridgehead atoms. The maximum Gasteiger partial charge on any atom is 0.251 e. The molecule has 0 unspecified atom stereocenters. The molecular formula is C16H17BrN2O. The number of halogens is 1. The lowest BCUT2D eigenvalue weighted by molar-refractivity contribution is 0.0963. The average Bonchev–Trinajstić information content (AvgIpc) is 2.45. The second-order valence-electron chi connectivity index (χ2n) is 4.59. The molecule has 4 heteroatoms. The van der Waals surface area contributed by atoms with E-state index in [0.717, 1.165) is 22.3 Å². The molecule has 3 nitrogen and oxygen atoms in total. The molecule has 20 heavy (non-hydrogen) atoms. The van der Waals surface area contributed by atoms with Crippen LogP contribution in [0.5, 0.6) is 0 Å². The Morgan fingerprint density at radius 3 is 2.70 bits per heavy atom. The summed E-state index contributed by atoms with van der Waals surface area (Å²) in [7, 11) is 1.64. The largest absolute Gasteiger partial charge is 0.381 e. The fourth-order valence-corrected chi connectivity index (χ4v) is 2.39. The van der Waals surface area contributed by atoms with E-state index in [-0.39, 0.29) is 5.91 Å². The summed E-state index contributed by atoms with van der Waals surface area (Å²) in [6.07, 6.45) is 0. The monoisotopic (exact) mass is 332 g/mol. The molecule has 0 saturated heterocycles. The molecule has 104 valence electrons. The molecule has 0 fully saturated rings. The van der Waals surface area contributed by atoms with Crippen LogP contribution in [0.1, 0.15) is 21.5 Å². The SMILES string of the molecule is CNC(=O)c1ccc(C)c(NCc2cccc(Br)c2)c1.